The van der Waals surface area contributed by atoms with E-state index < -0.39 is 0 Å². The van der Waals surface area contributed by atoms with Crippen LogP contribution in [-0.4, -0.2) is 37.0 Å². The maximum absolute atomic E-state index is 13.2. The third kappa shape index (κ3) is 3.27. The van der Waals surface area contributed by atoms with Crippen LogP contribution < -0.4 is 0 Å². The van der Waals surface area contributed by atoms with Gasteiger partial charge in [0.1, 0.15) is 11.8 Å². The number of furan rings is 1. The summed E-state index contributed by atoms with van der Waals surface area (Å²) in [5, 5.41) is 17.5. The zero-order valence-corrected chi connectivity index (χ0v) is 18.5. The Morgan fingerprint density at radius 1 is 1.16 bits per heavy atom. The van der Waals surface area contributed by atoms with Crippen molar-refractivity contribution < 1.29 is 9.21 Å². The molecule has 10 heteroatoms. The van der Waals surface area contributed by atoms with Crippen molar-refractivity contribution in [1.82, 2.24) is 19.6 Å². The molecule has 1 aromatic carbocycles. The van der Waals surface area contributed by atoms with Crippen molar-refractivity contribution in [2.45, 2.75) is 17.6 Å². The van der Waals surface area contributed by atoms with Crippen LogP contribution in [0.1, 0.15) is 23.1 Å². The van der Waals surface area contributed by atoms with Crippen molar-refractivity contribution in [2.24, 2.45) is 5.10 Å². The topological polar surface area (TPSA) is 76.0 Å². The molecule has 1 aliphatic rings. The third-order valence-corrected chi connectivity index (χ3v) is 7.92. The van der Waals surface area contributed by atoms with E-state index in [0.717, 1.165) is 31.5 Å². The molecule has 0 fully saturated rings. The average molecular weight is 466 g/mol. The maximum Gasteiger partial charge on any atom is 0.253 e. The number of hydrogen-bond donors (Lipinski definition) is 0. The second-order valence-electron chi connectivity index (χ2n) is 6.96. The normalized spacial score (nSPS) is 16.5. The van der Waals surface area contributed by atoms with Crippen molar-refractivity contribution in [3.05, 3.63) is 70.8 Å². The second-order valence-corrected chi connectivity index (χ2v) is 9.86. The molecular formula is C21H15N5O2S3. The first-order valence-electron chi connectivity index (χ1n) is 9.60. The molecule has 1 unspecified atom stereocenters. The molecule has 0 aliphatic carbocycles. The van der Waals surface area contributed by atoms with Crippen LogP contribution in [-0.2, 0) is 4.79 Å². The summed E-state index contributed by atoms with van der Waals surface area (Å²) in [6.07, 6.45) is 2.26. The highest BCUT2D eigenvalue weighted by Crippen LogP contribution is 2.35. The zero-order valence-electron chi connectivity index (χ0n) is 16.0. The minimum atomic E-state index is -0.236. The van der Waals surface area contributed by atoms with Crippen LogP contribution in [0.4, 0.5) is 0 Å². The predicted molar refractivity (Wildman–Crippen MR) is 123 cm³/mol. The maximum atomic E-state index is 13.2. The first-order valence-corrected chi connectivity index (χ1v) is 12.3. The Hall–Kier alpha value is -2.95. The van der Waals surface area contributed by atoms with Crippen molar-refractivity contribution in [1.29, 1.82) is 0 Å². The summed E-state index contributed by atoms with van der Waals surface area (Å²) in [7, 11) is 0. The fourth-order valence-electron chi connectivity index (χ4n) is 3.68. The molecule has 1 aliphatic heterocycles. The molecule has 7 nitrogen and oxygen atoms in total. The molecule has 0 radical (unpaired) electrons. The quantitative estimate of drug-likeness (QED) is 0.339. The number of thioether (sulfide) groups is 1. The monoisotopic (exact) mass is 465 g/mol. The highest BCUT2D eigenvalue weighted by Gasteiger charge is 2.35. The molecule has 4 aromatic heterocycles. The Labute approximate surface area is 189 Å². The molecular weight excluding hydrogens is 450 g/mol. The fourth-order valence-corrected chi connectivity index (χ4v) is 6.22. The number of hydrazone groups is 1. The van der Waals surface area contributed by atoms with E-state index in [-0.39, 0.29) is 17.7 Å². The van der Waals surface area contributed by atoms with Gasteiger partial charge < -0.3 is 4.42 Å². The highest BCUT2D eigenvalue weighted by atomic mass is 32.2. The van der Waals surface area contributed by atoms with Crippen molar-refractivity contribution >= 4 is 61.2 Å². The van der Waals surface area contributed by atoms with Crippen LogP contribution in [0.3, 0.4) is 0 Å². The molecule has 1 atom stereocenters. The van der Waals surface area contributed by atoms with Gasteiger partial charge in [-0.3, -0.25) is 9.20 Å². The summed E-state index contributed by atoms with van der Waals surface area (Å²) in [5.74, 6) is 0.861. The number of rotatable bonds is 5. The van der Waals surface area contributed by atoms with Gasteiger partial charge in [0.25, 0.3) is 5.91 Å². The number of thiophene rings is 1. The summed E-state index contributed by atoms with van der Waals surface area (Å²) < 4.78 is 8.76. The molecule has 0 spiro atoms. The molecule has 5 aromatic rings. The molecule has 0 N–H and O–H groups in total. The van der Waals surface area contributed by atoms with E-state index in [1.165, 1.54) is 11.8 Å². The van der Waals surface area contributed by atoms with Gasteiger partial charge in [0.05, 0.1) is 32.8 Å². The van der Waals surface area contributed by atoms with Gasteiger partial charge in [-0.05, 0) is 35.7 Å². The van der Waals surface area contributed by atoms with Gasteiger partial charge in [0, 0.05) is 6.42 Å². The smallest absolute Gasteiger partial charge is 0.253 e. The number of fused-ring (bicyclic) bond motifs is 3. The Morgan fingerprint density at radius 2 is 2.10 bits per heavy atom. The van der Waals surface area contributed by atoms with Gasteiger partial charge in [-0.15, -0.1) is 21.5 Å². The number of thiazole rings is 1. The van der Waals surface area contributed by atoms with Crippen molar-refractivity contribution in [3.63, 3.8) is 0 Å². The molecule has 0 saturated carbocycles. The largest absolute Gasteiger partial charge is 0.467 e. The third-order valence-electron chi connectivity index (χ3n) is 5.08. The summed E-state index contributed by atoms with van der Waals surface area (Å²) in [5.41, 5.74) is 1.96. The fraction of sp³-hybridized carbons (Fsp3) is 0.143. The predicted octanol–water partition coefficient (Wildman–Crippen LogP) is 5.07. The van der Waals surface area contributed by atoms with E-state index in [1.807, 2.05) is 52.2 Å². The van der Waals surface area contributed by atoms with Gasteiger partial charge in [-0.2, -0.15) is 5.10 Å². The first-order chi connectivity index (χ1) is 15.3. The first kappa shape index (κ1) is 18.8. The standard InChI is InChI=1S/C21H15N5O2S3/c27-19(12-30-20-22-23-21-25(20)14-5-1-2-7-18(14)31-21)26-15(16-6-3-9-28-16)11-13(24-26)17-8-4-10-29-17/h1-10,15H,11-12H2. The Balaban J connectivity index is 1.27. The lowest BCUT2D eigenvalue weighted by Gasteiger charge is -2.19. The summed E-state index contributed by atoms with van der Waals surface area (Å²) >= 11 is 4.59. The SMILES string of the molecule is O=C(CSc1nnc2sc3ccccc3n12)N1N=C(c2cccs2)CC1c1ccco1. The number of amides is 1. The van der Waals surface area contributed by atoms with E-state index in [4.69, 9.17) is 4.42 Å². The summed E-state index contributed by atoms with van der Waals surface area (Å²) in [4.78, 5) is 15.1. The second kappa shape index (κ2) is 7.63. The minimum absolute atomic E-state index is 0.0887. The Morgan fingerprint density at radius 3 is 2.94 bits per heavy atom. The van der Waals surface area contributed by atoms with Crippen molar-refractivity contribution in [2.75, 3.05) is 5.75 Å². The van der Waals surface area contributed by atoms with Gasteiger partial charge >= 0.3 is 0 Å². The number of carbonyl (C=O) groups is 1. The van der Waals surface area contributed by atoms with E-state index in [0.29, 0.717) is 11.6 Å². The average Bonchev–Trinajstić information content (AvgIpc) is 3.58. The van der Waals surface area contributed by atoms with E-state index >= 15 is 0 Å². The number of hydrogen-bond acceptors (Lipinski definition) is 8. The number of aromatic nitrogens is 3. The van der Waals surface area contributed by atoms with Gasteiger partial charge in [-0.1, -0.05) is 41.3 Å². The molecule has 6 rings (SSSR count). The Kier molecular flexibility index (Phi) is 4.62. The lowest BCUT2D eigenvalue weighted by atomic mass is 10.1. The van der Waals surface area contributed by atoms with Gasteiger partial charge in [0.2, 0.25) is 4.96 Å². The lowest BCUT2D eigenvalue weighted by Crippen LogP contribution is -2.28. The molecule has 0 bridgehead atoms. The van der Waals surface area contributed by atoms with E-state index in [2.05, 4.69) is 21.4 Å². The van der Waals surface area contributed by atoms with E-state index in [1.54, 1.807) is 33.9 Å². The van der Waals surface area contributed by atoms with Gasteiger partial charge in [-0.25, -0.2) is 5.01 Å². The van der Waals surface area contributed by atoms with Crippen LogP contribution in [0.25, 0.3) is 15.2 Å². The van der Waals surface area contributed by atoms with E-state index in [9.17, 15) is 4.79 Å². The van der Waals surface area contributed by atoms with Gasteiger partial charge in [0.15, 0.2) is 5.16 Å². The molecule has 31 heavy (non-hydrogen) atoms. The highest BCUT2D eigenvalue weighted by molar-refractivity contribution is 7.99. The molecule has 5 heterocycles. The molecule has 154 valence electrons. The molecule has 1 amide bonds. The number of nitrogens with zero attached hydrogens (tertiary/aromatic N) is 5. The summed E-state index contributed by atoms with van der Waals surface area (Å²) in [6.45, 7) is 0. The molecule has 0 saturated heterocycles. The van der Waals surface area contributed by atoms with Crippen LogP contribution in [0.5, 0.6) is 0 Å². The van der Waals surface area contributed by atoms with Crippen LogP contribution in [0.15, 0.2) is 74.8 Å². The van der Waals surface area contributed by atoms with Crippen LogP contribution in [0.2, 0.25) is 0 Å². The van der Waals surface area contributed by atoms with Crippen LogP contribution in [0, 0.1) is 0 Å². The zero-order chi connectivity index (χ0) is 20.8. The number of para-hydroxylation sites is 1. The number of benzene rings is 1. The Bertz CT molecular complexity index is 1400. The number of carbonyl (C=O) groups excluding carboxylic acids is 1. The lowest BCUT2D eigenvalue weighted by molar-refractivity contribution is -0.130. The van der Waals surface area contributed by atoms with Crippen molar-refractivity contribution in [3.8, 4) is 0 Å². The minimum Gasteiger partial charge on any atom is -0.467 e. The summed E-state index contributed by atoms with van der Waals surface area (Å²) in [6, 6.07) is 15.6. The van der Waals surface area contributed by atoms with Crippen LogP contribution >= 0.6 is 34.4 Å².